The van der Waals surface area contributed by atoms with Gasteiger partial charge in [0.1, 0.15) is 6.04 Å². The van der Waals surface area contributed by atoms with Crippen molar-refractivity contribution in [3.05, 3.63) is 0 Å². The van der Waals surface area contributed by atoms with Gasteiger partial charge in [0, 0.05) is 6.54 Å². The number of aromatic nitrogens is 4. The molecule has 17 heavy (non-hydrogen) atoms. The van der Waals surface area contributed by atoms with E-state index in [1.165, 1.54) is 4.68 Å². The monoisotopic (exact) mass is 242 g/mol. The van der Waals surface area contributed by atoms with Crippen molar-refractivity contribution < 1.29 is 9.90 Å². The summed E-state index contributed by atoms with van der Waals surface area (Å²) >= 11 is 0. The van der Waals surface area contributed by atoms with Gasteiger partial charge in [-0.3, -0.25) is 10.2 Å². The highest BCUT2D eigenvalue weighted by Gasteiger charge is 2.23. The van der Waals surface area contributed by atoms with Crippen LogP contribution in [0.2, 0.25) is 0 Å². The Labute approximate surface area is 99.4 Å². The number of hydrogen-bond donors (Lipinski definition) is 3. The van der Waals surface area contributed by atoms with Crippen LogP contribution in [0.15, 0.2) is 0 Å². The second-order valence-electron chi connectivity index (χ2n) is 3.79. The van der Waals surface area contributed by atoms with E-state index in [-0.39, 0.29) is 5.92 Å². The molecule has 8 heteroatoms. The van der Waals surface area contributed by atoms with Gasteiger partial charge in [0.2, 0.25) is 0 Å². The van der Waals surface area contributed by atoms with Crippen LogP contribution in [0, 0.1) is 5.92 Å². The van der Waals surface area contributed by atoms with E-state index < -0.39 is 12.0 Å². The summed E-state index contributed by atoms with van der Waals surface area (Å²) in [6.07, 6.45) is 0.768. The van der Waals surface area contributed by atoms with Gasteiger partial charge in [-0.2, -0.15) is 0 Å². The molecule has 0 radical (unpaired) electrons. The molecule has 0 unspecified atom stereocenters. The third kappa shape index (κ3) is 3.38. The third-order valence-electron chi connectivity index (χ3n) is 2.65. The Morgan fingerprint density at radius 1 is 1.53 bits per heavy atom. The molecular weight excluding hydrogens is 224 g/mol. The van der Waals surface area contributed by atoms with Crippen molar-refractivity contribution in [2.75, 3.05) is 5.43 Å². The van der Waals surface area contributed by atoms with Gasteiger partial charge in [0.15, 0.2) is 0 Å². The number of nitrogens with one attached hydrogen (secondary N) is 2. The zero-order valence-corrected chi connectivity index (χ0v) is 10.2. The predicted molar refractivity (Wildman–Crippen MR) is 61.1 cm³/mol. The fourth-order valence-electron chi connectivity index (χ4n) is 1.33. The first-order valence-corrected chi connectivity index (χ1v) is 5.60. The summed E-state index contributed by atoms with van der Waals surface area (Å²) in [6.45, 7) is 6.32. The maximum absolute atomic E-state index is 11.1. The van der Waals surface area contributed by atoms with Crippen molar-refractivity contribution in [3.63, 3.8) is 0 Å². The summed E-state index contributed by atoms with van der Waals surface area (Å²) in [6, 6.07) is -0.679. The molecule has 0 saturated carbocycles. The van der Waals surface area contributed by atoms with Crippen molar-refractivity contribution in [1.29, 1.82) is 0 Å². The molecule has 8 nitrogen and oxygen atoms in total. The number of tetrazole rings is 1. The van der Waals surface area contributed by atoms with Crippen molar-refractivity contribution in [1.82, 2.24) is 25.6 Å². The Hall–Kier alpha value is -1.70. The van der Waals surface area contributed by atoms with Crippen LogP contribution in [0.3, 0.4) is 0 Å². The van der Waals surface area contributed by atoms with Crippen LogP contribution in [0.25, 0.3) is 0 Å². The topological polar surface area (TPSA) is 105 Å². The standard InChI is InChI=1S/C9H18N6O2/c1-4-6(3)7(8(16)17)10-11-9-12-13-14-15(9)5-2/h6-7,10H,4-5H2,1-3H3,(H,16,17)(H,11,12,14)/t6-,7-/m0/s1. The Balaban J connectivity index is 2.61. The minimum atomic E-state index is -0.901. The molecule has 0 aliphatic carbocycles. The second-order valence-corrected chi connectivity index (χ2v) is 3.79. The summed E-state index contributed by atoms with van der Waals surface area (Å²) in [5.74, 6) is -0.490. The van der Waals surface area contributed by atoms with Gasteiger partial charge < -0.3 is 5.11 Å². The SMILES string of the molecule is CC[C@H](C)[C@H](NNc1nnnn1CC)C(=O)O. The molecule has 0 aromatic carbocycles. The van der Waals surface area contributed by atoms with E-state index in [0.717, 1.165) is 6.42 Å². The quantitative estimate of drug-likeness (QED) is 0.583. The number of hydrogen-bond acceptors (Lipinski definition) is 6. The molecule has 1 aromatic heterocycles. The lowest BCUT2D eigenvalue weighted by Crippen LogP contribution is -2.45. The van der Waals surface area contributed by atoms with E-state index in [0.29, 0.717) is 12.5 Å². The fourth-order valence-corrected chi connectivity index (χ4v) is 1.33. The van der Waals surface area contributed by atoms with Crippen LogP contribution in [-0.4, -0.2) is 37.3 Å². The van der Waals surface area contributed by atoms with Gasteiger partial charge in [-0.15, -0.1) is 0 Å². The molecule has 0 bridgehead atoms. The Kier molecular flexibility index (Phi) is 4.83. The van der Waals surface area contributed by atoms with Gasteiger partial charge >= 0.3 is 5.97 Å². The van der Waals surface area contributed by atoms with Crippen LogP contribution in [0.5, 0.6) is 0 Å². The number of hydrazine groups is 1. The highest BCUT2D eigenvalue weighted by Crippen LogP contribution is 2.08. The fraction of sp³-hybridized carbons (Fsp3) is 0.778. The van der Waals surface area contributed by atoms with Crippen molar-refractivity contribution in [3.8, 4) is 0 Å². The smallest absolute Gasteiger partial charge is 0.322 e. The van der Waals surface area contributed by atoms with Gasteiger partial charge in [0.05, 0.1) is 0 Å². The maximum atomic E-state index is 11.1. The molecule has 0 aliphatic heterocycles. The lowest BCUT2D eigenvalue weighted by atomic mass is 10.0. The van der Waals surface area contributed by atoms with Crippen LogP contribution >= 0.6 is 0 Å². The molecular formula is C9H18N6O2. The number of aliphatic carboxylic acids is 1. The van der Waals surface area contributed by atoms with Crippen LogP contribution in [0.1, 0.15) is 27.2 Å². The maximum Gasteiger partial charge on any atom is 0.322 e. The predicted octanol–water partition coefficient (Wildman–Crippen LogP) is 0.109. The molecule has 0 fully saturated rings. The zero-order chi connectivity index (χ0) is 12.8. The Morgan fingerprint density at radius 3 is 2.76 bits per heavy atom. The largest absolute Gasteiger partial charge is 0.480 e. The molecule has 0 aliphatic rings. The number of carboxylic acid groups (broad SMARTS) is 1. The number of nitrogens with zero attached hydrogens (tertiary/aromatic N) is 4. The number of aryl methyl sites for hydroxylation is 1. The summed E-state index contributed by atoms with van der Waals surface area (Å²) < 4.78 is 1.53. The summed E-state index contributed by atoms with van der Waals surface area (Å²) in [5, 5.41) is 20.0. The average Bonchev–Trinajstić information content (AvgIpc) is 2.75. The normalized spacial score (nSPS) is 14.3. The molecule has 1 aromatic rings. The van der Waals surface area contributed by atoms with Crippen LogP contribution < -0.4 is 10.9 Å². The van der Waals surface area contributed by atoms with E-state index in [9.17, 15) is 4.79 Å². The summed E-state index contributed by atoms with van der Waals surface area (Å²) in [4.78, 5) is 11.1. The zero-order valence-electron chi connectivity index (χ0n) is 10.2. The lowest BCUT2D eigenvalue weighted by molar-refractivity contribution is -0.140. The lowest BCUT2D eigenvalue weighted by Gasteiger charge is -2.20. The summed E-state index contributed by atoms with van der Waals surface area (Å²) in [7, 11) is 0. The molecule has 1 heterocycles. The first-order valence-electron chi connectivity index (χ1n) is 5.60. The average molecular weight is 242 g/mol. The van der Waals surface area contributed by atoms with Crippen molar-refractivity contribution in [2.24, 2.45) is 5.92 Å². The van der Waals surface area contributed by atoms with Crippen LogP contribution in [0.4, 0.5) is 5.95 Å². The minimum Gasteiger partial charge on any atom is -0.480 e. The highest BCUT2D eigenvalue weighted by molar-refractivity contribution is 5.74. The van der Waals surface area contributed by atoms with Crippen LogP contribution in [-0.2, 0) is 11.3 Å². The molecule has 0 spiro atoms. The highest BCUT2D eigenvalue weighted by atomic mass is 16.4. The van der Waals surface area contributed by atoms with Gasteiger partial charge in [0.25, 0.3) is 5.95 Å². The van der Waals surface area contributed by atoms with E-state index in [2.05, 4.69) is 26.4 Å². The second kappa shape index (κ2) is 6.14. The number of anilines is 1. The van der Waals surface area contributed by atoms with Crippen molar-refractivity contribution in [2.45, 2.75) is 39.8 Å². The van der Waals surface area contributed by atoms with Gasteiger partial charge in [-0.1, -0.05) is 25.4 Å². The van der Waals surface area contributed by atoms with E-state index >= 15 is 0 Å². The van der Waals surface area contributed by atoms with E-state index in [1.54, 1.807) is 0 Å². The van der Waals surface area contributed by atoms with Crippen molar-refractivity contribution >= 4 is 11.9 Å². The molecule has 0 saturated heterocycles. The third-order valence-corrected chi connectivity index (χ3v) is 2.65. The molecule has 2 atom stereocenters. The van der Waals surface area contributed by atoms with Gasteiger partial charge in [-0.25, -0.2) is 10.1 Å². The first-order chi connectivity index (χ1) is 8.10. The molecule has 0 amide bonds. The van der Waals surface area contributed by atoms with E-state index in [4.69, 9.17) is 5.11 Å². The van der Waals surface area contributed by atoms with E-state index in [1.807, 2.05) is 20.8 Å². The first kappa shape index (κ1) is 13.4. The number of carboxylic acids is 1. The molecule has 96 valence electrons. The minimum absolute atomic E-state index is 0.00552. The number of rotatable bonds is 7. The number of carbonyl (C=O) groups is 1. The molecule has 3 N–H and O–H groups in total. The van der Waals surface area contributed by atoms with Gasteiger partial charge in [-0.05, 0) is 23.3 Å². The summed E-state index contributed by atoms with van der Waals surface area (Å²) in [5.41, 5.74) is 5.47. The Morgan fingerprint density at radius 2 is 2.24 bits per heavy atom. The molecule has 1 rings (SSSR count). The Bertz CT molecular complexity index is 366.